The van der Waals surface area contributed by atoms with Gasteiger partial charge in [0.05, 0.1) is 18.3 Å². The van der Waals surface area contributed by atoms with Crippen molar-refractivity contribution in [2.45, 2.75) is 44.0 Å². The Morgan fingerprint density at radius 1 is 0.706 bits per heavy atom. The lowest BCUT2D eigenvalue weighted by Gasteiger charge is -2.33. The van der Waals surface area contributed by atoms with Crippen LogP contribution in [0.5, 0.6) is 0 Å². The second-order valence-corrected chi connectivity index (χ2v) is 7.81. The molecule has 0 amide bonds. The van der Waals surface area contributed by atoms with Crippen LogP contribution in [0.2, 0.25) is 0 Å². The van der Waals surface area contributed by atoms with Crippen LogP contribution in [-0.2, 0) is 4.74 Å². The molecular formula is C15H20O2. The van der Waals surface area contributed by atoms with Crippen molar-refractivity contribution >= 4 is 0 Å². The maximum Gasteiger partial charge on any atom is 0.0875 e. The smallest absolute Gasteiger partial charge is 0.0875 e. The summed E-state index contributed by atoms with van der Waals surface area (Å²) in [6.45, 7) is 0. The Morgan fingerprint density at radius 2 is 1.47 bits per heavy atom. The summed E-state index contributed by atoms with van der Waals surface area (Å²) in [4.78, 5) is 0. The highest BCUT2D eigenvalue weighted by Gasteiger charge is 2.73. The van der Waals surface area contributed by atoms with Gasteiger partial charge in [-0.15, -0.1) is 0 Å². The monoisotopic (exact) mass is 232 g/mol. The van der Waals surface area contributed by atoms with Crippen LogP contribution in [0.1, 0.15) is 25.7 Å². The summed E-state index contributed by atoms with van der Waals surface area (Å²) < 4.78 is 5.88. The predicted molar refractivity (Wildman–Crippen MR) is 61.1 cm³/mol. The molecule has 2 nitrogen and oxygen atoms in total. The third kappa shape index (κ3) is 0.805. The zero-order chi connectivity index (χ0) is 10.9. The Balaban J connectivity index is 1.43. The van der Waals surface area contributed by atoms with E-state index in [1.165, 1.54) is 19.3 Å². The molecule has 1 aliphatic heterocycles. The number of ether oxygens (including phenoxy) is 1. The van der Waals surface area contributed by atoms with Gasteiger partial charge < -0.3 is 9.84 Å². The third-order valence-electron chi connectivity index (χ3n) is 7.68. The van der Waals surface area contributed by atoms with Crippen LogP contribution in [0.25, 0.3) is 0 Å². The average molecular weight is 232 g/mol. The van der Waals surface area contributed by atoms with Crippen molar-refractivity contribution in [1.82, 2.24) is 0 Å². The van der Waals surface area contributed by atoms with Gasteiger partial charge in [0.1, 0.15) is 0 Å². The fourth-order valence-corrected chi connectivity index (χ4v) is 7.45. The lowest BCUT2D eigenvalue weighted by Crippen LogP contribution is -2.33. The van der Waals surface area contributed by atoms with Gasteiger partial charge in [0.2, 0.25) is 0 Å². The first-order chi connectivity index (χ1) is 8.33. The fraction of sp³-hybridized carbons (Fsp3) is 1.00. The van der Waals surface area contributed by atoms with E-state index < -0.39 is 0 Å². The summed E-state index contributed by atoms with van der Waals surface area (Å²) in [5, 5.41) is 10.1. The SMILES string of the molecule is OC1CC2CC1C1CC3C4CC(C5OC45)C3C21. The number of aliphatic hydroxyl groups excluding tert-OH is 1. The lowest BCUT2D eigenvalue weighted by molar-refractivity contribution is 0.0466. The molecule has 1 heterocycles. The molecular weight excluding hydrogens is 212 g/mol. The molecule has 0 radical (unpaired) electrons. The molecule has 5 saturated carbocycles. The summed E-state index contributed by atoms with van der Waals surface area (Å²) in [7, 11) is 0. The molecule has 1 saturated heterocycles. The van der Waals surface area contributed by atoms with Gasteiger partial charge in [-0.25, -0.2) is 0 Å². The Hall–Kier alpha value is -0.0800. The van der Waals surface area contributed by atoms with Crippen molar-refractivity contribution in [3.8, 4) is 0 Å². The van der Waals surface area contributed by atoms with E-state index in [0.29, 0.717) is 18.1 Å². The first kappa shape index (κ1) is 8.92. The second-order valence-electron chi connectivity index (χ2n) is 7.81. The van der Waals surface area contributed by atoms with E-state index in [0.717, 1.165) is 47.8 Å². The van der Waals surface area contributed by atoms with Gasteiger partial charge in [0, 0.05) is 0 Å². The van der Waals surface area contributed by atoms with Gasteiger partial charge in [-0.2, -0.15) is 0 Å². The topological polar surface area (TPSA) is 32.8 Å². The molecule has 11 unspecified atom stereocenters. The van der Waals surface area contributed by atoms with Crippen LogP contribution < -0.4 is 0 Å². The van der Waals surface area contributed by atoms with Crippen molar-refractivity contribution in [3.63, 3.8) is 0 Å². The summed E-state index contributed by atoms with van der Waals surface area (Å²) in [5.41, 5.74) is 0. The summed E-state index contributed by atoms with van der Waals surface area (Å²) in [5.74, 6) is 7.33. The highest BCUT2D eigenvalue weighted by atomic mass is 16.6. The Kier molecular flexibility index (Phi) is 1.29. The zero-order valence-corrected chi connectivity index (χ0v) is 10.0. The Bertz CT molecular complexity index is 404. The zero-order valence-electron chi connectivity index (χ0n) is 10.0. The van der Waals surface area contributed by atoms with Gasteiger partial charge in [0.15, 0.2) is 0 Å². The molecule has 92 valence electrons. The molecule has 0 aromatic rings. The maximum atomic E-state index is 10.1. The number of hydrogen-bond acceptors (Lipinski definition) is 2. The Morgan fingerprint density at radius 3 is 2.41 bits per heavy atom. The fourth-order valence-electron chi connectivity index (χ4n) is 7.45. The molecule has 17 heavy (non-hydrogen) atoms. The highest BCUT2D eigenvalue weighted by molar-refractivity contribution is 5.21. The van der Waals surface area contributed by atoms with Gasteiger partial charge in [-0.05, 0) is 73.0 Å². The number of fused-ring (bicyclic) bond motifs is 14. The molecule has 0 aromatic carbocycles. The van der Waals surface area contributed by atoms with Gasteiger partial charge in [-0.3, -0.25) is 0 Å². The molecule has 6 fully saturated rings. The first-order valence-corrected chi connectivity index (χ1v) is 7.66. The van der Waals surface area contributed by atoms with Gasteiger partial charge >= 0.3 is 0 Å². The van der Waals surface area contributed by atoms with Crippen LogP contribution in [-0.4, -0.2) is 23.4 Å². The normalized spacial score (nSPS) is 77.1. The number of hydrogen-bond donors (Lipinski definition) is 1. The minimum absolute atomic E-state index is 0.0588. The van der Waals surface area contributed by atoms with Crippen LogP contribution >= 0.6 is 0 Å². The molecule has 6 aliphatic rings. The van der Waals surface area contributed by atoms with E-state index in [4.69, 9.17) is 4.74 Å². The van der Waals surface area contributed by atoms with Crippen LogP contribution in [0, 0.1) is 47.3 Å². The standard InChI is InChI=1S/C15H20O2/c16-11-2-5-1-6(11)7-3-8-9-4-10(13(8)12(5)7)15-14(9)17-15/h5-16H,1-4H2. The third-order valence-corrected chi connectivity index (χ3v) is 7.68. The minimum Gasteiger partial charge on any atom is -0.393 e. The highest BCUT2D eigenvalue weighted by Crippen LogP contribution is 2.73. The van der Waals surface area contributed by atoms with E-state index in [1.54, 1.807) is 0 Å². The molecule has 4 bridgehead atoms. The van der Waals surface area contributed by atoms with Crippen LogP contribution in [0.3, 0.4) is 0 Å². The summed E-state index contributed by atoms with van der Waals surface area (Å²) >= 11 is 0. The molecule has 6 rings (SSSR count). The van der Waals surface area contributed by atoms with Gasteiger partial charge in [-0.1, -0.05) is 0 Å². The van der Waals surface area contributed by atoms with Crippen molar-refractivity contribution in [2.75, 3.05) is 0 Å². The van der Waals surface area contributed by atoms with E-state index in [1.807, 2.05) is 0 Å². The molecule has 2 heteroatoms. The predicted octanol–water partition coefficient (Wildman–Crippen LogP) is 1.67. The second kappa shape index (κ2) is 2.46. The van der Waals surface area contributed by atoms with Gasteiger partial charge in [0.25, 0.3) is 0 Å². The summed E-state index contributed by atoms with van der Waals surface area (Å²) in [6, 6.07) is 0. The maximum absolute atomic E-state index is 10.1. The number of epoxide rings is 1. The lowest BCUT2D eigenvalue weighted by atomic mass is 9.72. The number of rotatable bonds is 0. The van der Waals surface area contributed by atoms with Crippen molar-refractivity contribution in [3.05, 3.63) is 0 Å². The minimum atomic E-state index is 0.0588. The van der Waals surface area contributed by atoms with Crippen molar-refractivity contribution < 1.29 is 9.84 Å². The Labute approximate surface area is 102 Å². The largest absolute Gasteiger partial charge is 0.393 e. The molecule has 5 aliphatic carbocycles. The molecule has 11 atom stereocenters. The number of aliphatic hydroxyl groups is 1. The summed E-state index contributed by atoms with van der Waals surface area (Å²) in [6.07, 6.45) is 6.85. The molecule has 0 spiro atoms. The average Bonchev–Trinajstić information content (AvgIpc) is 2.72. The van der Waals surface area contributed by atoms with E-state index in [2.05, 4.69) is 0 Å². The molecule has 0 aromatic heterocycles. The first-order valence-electron chi connectivity index (χ1n) is 7.66. The quantitative estimate of drug-likeness (QED) is 0.644. The van der Waals surface area contributed by atoms with Crippen molar-refractivity contribution in [1.29, 1.82) is 0 Å². The van der Waals surface area contributed by atoms with Crippen LogP contribution in [0.4, 0.5) is 0 Å². The van der Waals surface area contributed by atoms with E-state index in [-0.39, 0.29) is 6.10 Å². The van der Waals surface area contributed by atoms with Crippen molar-refractivity contribution in [2.24, 2.45) is 47.3 Å². The van der Waals surface area contributed by atoms with E-state index in [9.17, 15) is 5.11 Å². The van der Waals surface area contributed by atoms with E-state index >= 15 is 0 Å². The van der Waals surface area contributed by atoms with Crippen LogP contribution in [0.15, 0.2) is 0 Å². The molecule has 1 N–H and O–H groups in total.